The molecule has 0 unspecified atom stereocenters. The topological polar surface area (TPSA) is 148 Å². The first kappa shape index (κ1) is 30.1. The fraction of sp³-hybridized carbons (Fsp3) is 0.241. The molecule has 0 spiro atoms. The summed E-state index contributed by atoms with van der Waals surface area (Å²) in [4.78, 5) is 26.7. The van der Waals surface area contributed by atoms with Crippen LogP contribution in [0.3, 0.4) is 0 Å². The summed E-state index contributed by atoms with van der Waals surface area (Å²) in [6.07, 6.45) is 4.10. The van der Waals surface area contributed by atoms with Gasteiger partial charge in [0.2, 0.25) is 5.75 Å². The van der Waals surface area contributed by atoms with Gasteiger partial charge in [-0.15, -0.1) is 0 Å². The largest absolute Gasteiger partial charge is 0.495 e. The molecule has 12 nitrogen and oxygen atoms in total. The molecule has 0 fully saturated rings. The number of aromatic nitrogens is 3. The summed E-state index contributed by atoms with van der Waals surface area (Å²) < 4.78 is 51.7. The second kappa shape index (κ2) is 13.2. The first-order valence-electron chi connectivity index (χ1n) is 12.5. The minimum absolute atomic E-state index is 0.0103. The molecule has 0 saturated carbocycles. The number of rotatable bonds is 13. The van der Waals surface area contributed by atoms with E-state index < -0.39 is 15.6 Å². The van der Waals surface area contributed by atoms with Gasteiger partial charge in [-0.25, -0.2) is 13.4 Å². The maximum Gasteiger partial charge on any atom is 0.318 e. The molecular weight excluding hydrogens is 564 g/mol. The highest BCUT2D eigenvalue weighted by molar-refractivity contribution is 7.90. The number of methoxy groups -OCH3 is 4. The second-order valence-corrected chi connectivity index (χ2v) is 10.9. The Labute approximate surface area is 243 Å². The summed E-state index contributed by atoms with van der Waals surface area (Å²) in [6, 6.07) is 13.3. The van der Waals surface area contributed by atoms with Crippen molar-refractivity contribution in [1.29, 1.82) is 0 Å². The van der Waals surface area contributed by atoms with Gasteiger partial charge in [0.25, 0.3) is 0 Å². The van der Waals surface area contributed by atoms with Crippen LogP contribution in [0.4, 0.5) is 5.82 Å². The SMILES string of the molecule is COc1ccc(CNc2nc(OCc3ccccn3)ncc2C(=O)c2cc(OC)c(OC)c(OC)c2)cc1S(C)(=O)=O. The van der Waals surface area contributed by atoms with E-state index >= 15 is 0 Å². The van der Waals surface area contributed by atoms with Crippen LogP contribution < -0.4 is 29.0 Å². The average Bonchev–Trinajstić information content (AvgIpc) is 3.01. The van der Waals surface area contributed by atoms with Gasteiger partial charge in [0.1, 0.15) is 23.1 Å². The van der Waals surface area contributed by atoms with Crippen molar-refractivity contribution in [3.63, 3.8) is 0 Å². The Morgan fingerprint density at radius 2 is 1.60 bits per heavy atom. The van der Waals surface area contributed by atoms with E-state index in [-0.39, 0.29) is 46.8 Å². The van der Waals surface area contributed by atoms with Crippen LogP contribution in [0.5, 0.6) is 29.0 Å². The summed E-state index contributed by atoms with van der Waals surface area (Å²) in [5, 5.41) is 3.12. The van der Waals surface area contributed by atoms with Crippen LogP contribution >= 0.6 is 0 Å². The average molecular weight is 595 g/mol. The van der Waals surface area contributed by atoms with E-state index in [0.717, 1.165) is 6.26 Å². The van der Waals surface area contributed by atoms with Gasteiger partial charge in [0.15, 0.2) is 27.1 Å². The maximum absolute atomic E-state index is 13.8. The van der Waals surface area contributed by atoms with Crippen molar-refractivity contribution >= 4 is 21.4 Å². The first-order chi connectivity index (χ1) is 20.2. The lowest BCUT2D eigenvalue weighted by molar-refractivity contribution is 0.103. The number of anilines is 1. The molecule has 0 amide bonds. The normalized spacial score (nSPS) is 11.0. The number of ether oxygens (including phenoxy) is 5. The molecule has 4 aromatic rings. The lowest BCUT2D eigenvalue weighted by Gasteiger charge is -2.16. The first-order valence-corrected chi connectivity index (χ1v) is 14.4. The Morgan fingerprint density at radius 3 is 2.19 bits per heavy atom. The van der Waals surface area contributed by atoms with E-state index in [9.17, 15) is 13.2 Å². The molecule has 1 N–H and O–H groups in total. The second-order valence-electron chi connectivity index (χ2n) is 8.88. The van der Waals surface area contributed by atoms with Gasteiger partial charge in [-0.2, -0.15) is 4.98 Å². The molecule has 0 aliphatic heterocycles. The molecule has 0 aliphatic carbocycles. The summed E-state index contributed by atoms with van der Waals surface area (Å²) in [5.41, 5.74) is 1.64. The minimum Gasteiger partial charge on any atom is -0.495 e. The number of benzene rings is 2. The fourth-order valence-electron chi connectivity index (χ4n) is 4.03. The smallest absolute Gasteiger partial charge is 0.318 e. The van der Waals surface area contributed by atoms with E-state index in [1.807, 2.05) is 6.07 Å². The van der Waals surface area contributed by atoms with E-state index in [2.05, 4.69) is 20.3 Å². The molecule has 2 heterocycles. The quantitative estimate of drug-likeness (QED) is 0.225. The van der Waals surface area contributed by atoms with Crippen LogP contribution in [0.25, 0.3) is 0 Å². The summed E-state index contributed by atoms with van der Waals surface area (Å²) in [7, 11) is 2.21. The Kier molecular flexibility index (Phi) is 9.42. The van der Waals surface area contributed by atoms with E-state index in [1.54, 1.807) is 30.5 Å². The molecule has 0 atom stereocenters. The lowest BCUT2D eigenvalue weighted by Crippen LogP contribution is -2.13. The fourth-order valence-corrected chi connectivity index (χ4v) is 4.91. The third-order valence-corrected chi connectivity index (χ3v) is 7.22. The van der Waals surface area contributed by atoms with Gasteiger partial charge in [0, 0.05) is 30.8 Å². The van der Waals surface area contributed by atoms with Crippen LogP contribution in [-0.2, 0) is 23.0 Å². The van der Waals surface area contributed by atoms with Crippen LogP contribution in [0, 0.1) is 0 Å². The molecule has 4 rings (SSSR count). The van der Waals surface area contributed by atoms with Gasteiger partial charge in [0.05, 0.1) is 39.7 Å². The Balaban J connectivity index is 1.71. The standard InChI is InChI=1S/C29H30N4O8S/c1-37-22-10-9-18(12-25(22)42(5,35)36)15-31-28-21(16-32-29(33-28)41-17-20-8-6-7-11-30-20)26(34)19-13-23(38-2)27(40-4)24(14-19)39-3/h6-14,16H,15,17H2,1-5H3,(H,31,32,33). The highest BCUT2D eigenvalue weighted by Crippen LogP contribution is 2.39. The zero-order valence-corrected chi connectivity index (χ0v) is 24.5. The summed E-state index contributed by atoms with van der Waals surface area (Å²) in [6.45, 7) is 0.232. The third kappa shape index (κ3) is 6.86. The van der Waals surface area contributed by atoms with Gasteiger partial charge in [-0.05, 0) is 42.0 Å². The number of carbonyl (C=O) groups is 1. The van der Waals surface area contributed by atoms with Crippen LogP contribution in [0.1, 0.15) is 27.2 Å². The highest BCUT2D eigenvalue weighted by Gasteiger charge is 2.22. The van der Waals surface area contributed by atoms with E-state index in [0.29, 0.717) is 28.5 Å². The number of hydrogen-bond donors (Lipinski definition) is 1. The van der Waals surface area contributed by atoms with E-state index in [4.69, 9.17) is 23.7 Å². The molecule has 2 aromatic carbocycles. The molecule has 220 valence electrons. The number of pyridine rings is 1. The number of sulfone groups is 1. The summed E-state index contributed by atoms with van der Waals surface area (Å²) in [5.74, 6) is 0.906. The van der Waals surface area contributed by atoms with Crippen molar-refractivity contribution in [3.8, 4) is 29.0 Å². The highest BCUT2D eigenvalue weighted by atomic mass is 32.2. The Bertz CT molecular complexity index is 1660. The van der Waals surface area contributed by atoms with E-state index in [1.165, 1.54) is 52.8 Å². The molecule has 42 heavy (non-hydrogen) atoms. The zero-order valence-electron chi connectivity index (χ0n) is 23.7. The maximum atomic E-state index is 13.8. The Hall–Kier alpha value is -4.91. The number of nitrogens with zero attached hydrogens (tertiary/aromatic N) is 3. The van der Waals surface area contributed by atoms with Crippen molar-refractivity contribution in [2.75, 3.05) is 40.0 Å². The summed E-state index contributed by atoms with van der Waals surface area (Å²) >= 11 is 0. The molecule has 0 radical (unpaired) electrons. The van der Waals surface area contributed by atoms with Crippen LogP contribution in [-0.4, -0.2) is 63.8 Å². The predicted molar refractivity (Wildman–Crippen MR) is 154 cm³/mol. The Morgan fingerprint density at radius 1 is 0.881 bits per heavy atom. The molecule has 2 aromatic heterocycles. The predicted octanol–water partition coefficient (Wildman–Crippen LogP) is 3.73. The number of ketones is 1. The van der Waals surface area contributed by atoms with Crippen molar-refractivity contribution in [2.45, 2.75) is 18.0 Å². The number of carbonyl (C=O) groups excluding carboxylic acids is 1. The molecule has 0 aliphatic rings. The van der Waals surface area contributed by atoms with Crippen molar-refractivity contribution < 1.29 is 36.9 Å². The minimum atomic E-state index is -3.56. The third-order valence-electron chi connectivity index (χ3n) is 6.10. The van der Waals surface area contributed by atoms with Gasteiger partial charge >= 0.3 is 6.01 Å². The van der Waals surface area contributed by atoms with Gasteiger partial charge in [-0.1, -0.05) is 12.1 Å². The van der Waals surface area contributed by atoms with Gasteiger partial charge < -0.3 is 29.0 Å². The molecule has 13 heteroatoms. The molecule has 0 bridgehead atoms. The molecular formula is C29H30N4O8S. The monoisotopic (exact) mass is 594 g/mol. The molecule has 0 saturated heterocycles. The van der Waals surface area contributed by atoms with Crippen molar-refractivity contribution in [2.24, 2.45) is 0 Å². The lowest BCUT2D eigenvalue weighted by atomic mass is 10.0. The zero-order chi connectivity index (χ0) is 30.3. The van der Waals surface area contributed by atoms with Crippen molar-refractivity contribution in [3.05, 3.63) is 83.3 Å². The van der Waals surface area contributed by atoms with Crippen molar-refractivity contribution in [1.82, 2.24) is 15.0 Å². The number of hydrogen-bond acceptors (Lipinski definition) is 12. The van der Waals surface area contributed by atoms with Gasteiger partial charge in [-0.3, -0.25) is 9.78 Å². The van der Waals surface area contributed by atoms with Crippen LogP contribution in [0.15, 0.2) is 65.8 Å². The number of nitrogens with one attached hydrogen (secondary N) is 1. The van der Waals surface area contributed by atoms with Crippen LogP contribution in [0.2, 0.25) is 0 Å².